The number of hydrogen-bond donors (Lipinski definition) is 0. The number of rotatable bonds is 7. The van der Waals surface area contributed by atoms with E-state index in [0.29, 0.717) is 30.3 Å². The van der Waals surface area contributed by atoms with E-state index >= 15 is 0 Å². The van der Waals surface area contributed by atoms with E-state index < -0.39 is 0 Å². The molecule has 0 aliphatic heterocycles. The number of aromatic nitrogens is 1. The lowest BCUT2D eigenvalue weighted by Crippen LogP contribution is -2.04. The molecule has 2 rings (SSSR count). The minimum absolute atomic E-state index is 0.534. The standard InChI is InChI=1S/C15H17NO3S/c1-3-18-14-8-12(9-17)4-5-13(14)19-7-6-15-11(2)16-10-20-15/h4-5,8-10H,3,6-7H2,1-2H3. The van der Waals surface area contributed by atoms with Crippen molar-refractivity contribution in [1.29, 1.82) is 0 Å². The van der Waals surface area contributed by atoms with Gasteiger partial charge >= 0.3 is 0 Å². The lowest BCUT2D eigenvalue weighted by atomic mass is 10.2. The van der Waals surface area contributed by atoms with Gasteiger partial charge in [0.2, 0.25) is 0 Å². The third-order valence-corrected chi connectivity index (χ3v) is 3.83. The summed E-state index contributed by atoms with van der Waals surface area (Å²) in [5.74, 6) is 1.28. The summed E-state index contributed by atoms with van der Waals surface area (Å²) in [6, 6.07) is 5.20. The second-order valence-corrected chi connectivity index (χ2v) is 5.16. The molecule has 0 spiro atoms. The Morgan fingerprint density at radius 1 is 1.30 bits per heavy atom. The first-order valence-electron chi connectivity index (χ1n) is 6.48. The summed E-state index contributed by atoms with van der Waals surface area (Å²) < 4.78 is 11.3. The average Bonchev–Trinajstić information content (AvgIpc) is 2.86. The molecule has 106 valence electrons. The number of carbonyl (C=O) groups is 1. The van der Waals surface area contributed by atoms with Gasteiger partial charge in [0.05, 0.1) is 24.4 Å². The molecule has 0 atom stereocenters. The number of hydrogen-bond acceptors (Lipinski definition) is 5. The molecule has 2 aromatic rings. The molecule has 1 aromatic heterocycles. The highest BCUT2D eigenvalue weighted by Gasteiger charge is 2.07. The zero-order valence-electron chi connectivity index (χ0n) is 11.6. The highest BCUT2D eigenvalue weighted by Crippen LogP contribution is 2.28. The molecule has 0 radical (unpaired) electrons. The summed E-state index contributed by atoms with van der Waals surface area (Å²) in [4.78, 5) is 16.2. The van der Waals surface area contributed by atoms with Crippen LogP contribution in [0.4, 0.5) is 0 Å². The van der Waals surface area contributed by atoms with E-state index in [9.17, 15) is 4.79 Å². The molecule has 0 amide bonds. The average molecular weight is 291 g/mol. The zero-order chi connectivity index (χ0) is 14.4. The lowest BCUT2D eigenvalue weighted by molar-refractivity contribution is 0.112. The Kier molecular flexibility index (Phi) is 5.12. The van der Waals surface area contributed by atoms with Gasteiger partial charge in [-0.05, 0) is 32.0 Å². The quantitative estimate of drug-likeness (QED) is 0.734. The van der Waals surface area contributed by atoms with Crippen LogP contribution in [-0.2, 0) is 6.42 Å². The van der Waals surface area contributed by atoms with Crippen molar-refractivity contribution in [3.63, 3.8) is 0 Å². The van der Waals surface area contributed by atoms with E-state index in [4.69, 9.17) is 9.47 Å². The molecule has 20 heavy (non-hydrogen) atoms. The summed E-state index contributed by atoms with van der Waals surface area (Å²) in [5.41, 5.74) is 3.48. The Labute approximate surface area is 122 Å². The molecule has 0 saturated heterocycles. The second kappa shape index (κ2) is 7.05. The summed E-state index contributed by atoms with van der Waals surface area (Å²) in [5, 5.41) is 0. The van der Waals surface area contributed by atoms with Crippen LogP contribution in [0.1, 0.15) is 27.9 Å². The van der Waals surface area contributed by atoms with Crippen molar-refractivity contribution in [3.8, 4) is 11.5 Å². The number of nitrogens with zero attached hydrogens (tertiary/aromatic N) is 1. The molecular weight excluding hydrogens is 274 g/mol. The van der Waals surface area contributed by atoms with Gasteiger partial charge in [0.15, 0.2) is 11.5 Å². The van der Waals surface area contributed by atoms with Gasteiger partial charge in [-0.25, -0.2) is 4.98 Å². The Morgan fingerprint density at radius 2 is 2.15 bits per heavy atom. The fourth-order valence-electron chi connectivity index (χ4n) is 1.81. The molecule has 0 fully saturated rings. The van der Waals surface area contributed by atoms with Crippen molar-refractivity contribution >= 4 is 17.6 Å². The van der Waals surface area contributed by atoms with Crippen molar-refractivity contribution in [2.24, 2.45) is 0 Å². The van der Waals surface area contributed by atoms with Gasteiger partial charge in [-0.3, -0.25) is 4.79 Å². The molecule has 0 N–H and O–H groups in total. The number of carbonyl (C=O) groups excluding carboxylic acids is 1. The predicted octanol–water partition coefficient (Wildman–Crippen LogP) is 3.28. The zero-order valence-corrected chi connectivity index (χ0v) is 12.4. The number of thiazole rings is 1. The highest BCUT2D eigenvalue weighted by atomic mass is 32.1. The van der Waals surface area contributed by atoms with Gasteiger partial charge in [-0.15, -0.1) is 11.3 Å². The van der Waals surface area contributed by atoms with Crippen molar-refractivity contribution in [3.05, 3.63) is 39.8 Å². The highest BCUT2D eigenvalue weighted by molar-refractivity contribution is 7.09. The third kappa shape index (κ3) is 3.57. The minimum atomic E-state index is 0.534. The molecule has 1 aromatic carbocycles. The number of benzene rings is 1. The van der Waals surface area contributed by atoms with Crippen LogP contribution in [0.5, 0.6) is 11.5 Å². The summed E-state index contributed by atoms with van der Waals surface area (Å²) in [6.45, 7) is 4.99. The fourth-order valence-corrected chi connectivity index (χ4v) is 2.57. The van der Waals surface area contributed by atoms with Gasteiger partial charge in [-0.1, -0.05) is 0 Å². The topological polar surface area (TPSA) is 48.4 Å². The molecule has 5 heteroatoms. The van der Waals surface area contributed by atoms with E-state index in [1.807, 2.05) is 19.4 Å². The summed E-state index contributed by atoms with van der Waals surface area (Å²) >= 11 is 1.64. The van der Waals surface area contributed by atoms with E-state index in [-0.39, 0.29) is 0 Å². The maximum absolute atomic E-state index is 10.8. The van der Waals surface area contributed by atoms with E-state index in [1.54, 1.807) is 29.5 Å². The first-order chi connectivity index (χ1) is 9.74. The third-order valence-electron chi connectivity index (χ3n) is 2.84. The van der Waals surface area contributed by atoms with E-state index in [2.05, 4.69) is 4.98 Å². The molecular formula is C15H17NO3S. The Morgan fingerprint density at radius 3 is 2.80 bits per heavy atom. The van der Waals surface area contributed by atoms with Crippen molar-refractivity contribution in [1.82, 2.24) is 4.98 Å². The van der Waals surface area contributed by atoms with Crippen LogP contribution in [0.15, 0.2) is 23.7 Å². The number of aldehydes is 1. The van der Waals surface area contributed by atoms with Crippen molar-refractivity contribution < 1.29 is 14.3 Å². The van der Waals surface area contributed by atoms with Crippen LogP contribution in [0, 0.1) is 6.92 Å². The number of ether oxygens (including phenoxy) is 2. The van der Waals surface area contributed by atoms with Gasteiger partial charge < -0.3 is 9.47 Å². The first-order valence-corrected chi connectivity index (χ1v) is 7.36. The van der Waals surface area contributed by atoms with Crippen LogP contribution in [0.25, 0.3) is 0 Å². The van der Waals surface area contributed by atoms with Gasteiger partial charge in [0.1, 0.15) is 6.29 Å². The predicted molar refractivity (Wildman–Crippen MR) is 79.0 cm³/mol. The normalized spacial score (nSPS) is 10.3. The molecule has 0 bridgehead atoms. The molecule has 0 saturated carbocycles. The minimum Gasteiger partial charge on any atom is -0.490 e. The van der Waals surface area contributed by atoms with Crippen LogP contribution >= 0.6 is 11.3 Å². The SMILES string of the molecule is CCOc1cc(C=O)ccc1OCCc1scnc1C. The monoisotopic (exact) mass is 291 g/mol. The molecule has 1 heterocycles. The largest absolute Gasteiger partial charge is 0.490 e. The maximum atomic E-state index is 10.8. The van der Waals surface area contributed by atoms with Gasteiger partial charge in [0, 0.05) is 16.9 Å². The van der Waals surface area contributed by atoms with E-state index in [0.717, 1.165) is 18.4 Å². The Balaban J connectivity index is 2.01. The Bertz CT molecular complexity index is 580. The molecule has 0 aliphatic carbocycles. The maximum Gasteiger partial charge on any atom is 0.161 e. The lowest BCUT2D eigenvalue weighted by Gasteiger charge is -2.12. The molecule has 0 unspecified atom stereocenters. The van der Waals surface area contributed by atoms with Gasteiger partial charge in [-0.2, -0.15) is 0 Å². The van der Waals surface area contributed by atoms with Gasteiger partial charge in [0.25, 0.3) is 0 Å². The summed E-state index contributed by atoms with van der Waals surface area (Å²) in [6.07, 6.45) is 1.62. The van der Waals surface area contributed by atoms with Crippen LogP contribution < -0.4 is 9.47 Å². The number of aryl methyl sites for hydroxylation is 1. The van der Waals surface area contributed by atoms with E-state index in [1.165, 1.54) is 4.88 Å². The van der Waals surface area contributed by atoms with Crippen LogP contribution in [-0.4, -0.2) is 24.5 Å². The first kappa shape index (κ1) is 14.5. The second-order valence-electron chi connectivity index (χ2n) is 4.22. The molecule has 0 aliphatic rings. The van der Waals surface area contributed by atoms with Crippen molar-refractivity contribution in [2.45, 2.75) is 20.3 Å². The molecule has 4 nitrogen and oxygen atoms in total. The fraction of sp³-hybridized carbons (Fsp3) is 0.333. The summed E-state index contributed by atoms with van der Waals surface area (Å²) in [7, 11) is 0. The Hall–Kier alpha value is -1.88. The van der Waals surface area contributed by atoms with Crippen LogP contribution in [0.3, 0.4) is 0 Å². The smallest absolute Gasteiger partial charge is 0.161 e. The van der Waals surface area contributed by atoms with Crippen LogP contribution in [0.2, 0.25) is 0 Å². The van der Waals surface area contributed by atoms with Crippen molar-refractivity contribution in [2.75, 3.05) is 13.2 Å².